The molecule has 0 bridgehead atoms. The summed E-state index contributed by atoms with van der Waals surface area (Å²) in [5, 5.41) is 2.45. The first-order valence-corrected chi connectivity index (χ1v) is 6.16. The summed E-state index contributed by atoms with van der Waals surface area (Å²) in [4.78, 5) is 33.5. The maximum Gasteiger partial charge on any atom is 0.303 e. The van der Waals surface area contributed by atoms with Crippen molar-refractivity contribution in [3.05, 3.63) is 35.4 Å². The molecule has 108 valence electrons. The molecule has 1 aromatic carbocycles. The first kappa shape index (κ1) is 15.7. The van der Waals surface area contributed by atoms with E-state index in [1.807, 2.05) is 31.2 Å². The normalized spacial score (nSPS) is 11.5. The fraction of sp³-hybridized carbons (Fsp3) is 0.357. The van der Waals surface area contributed by atoms with Crippen LogP contribution in [0.25, 0.3) is 0 Å². The van der Waals surface area contributed by atoms with Crippen LogP contribution in [-0.4, -0.2) is 30.4 Å². The minimum absolute atomic E-state index is 0.294. The van der Waals surface area contributed by atoms with Crippen molar-refractivity contribution in [2.45, 2.75) is 26.3 Å². The van der Waals surface area contributed by atoms with Crippen molar-refractivity contribution in [2.24, 2.45) is 5.73 Å². The number of aryl methyl sites for hydroxylation is 1. The van der Waals surface area contributed by atoms with Crippen molar-refractivity contribution in [2.75, 3.05) is 6.61 Å². The number of hydrogen-bond acceptors (Lipinski definition) is 4. The van der Waals surface area contributed by atoms with Crippen molar-refractivity contribution in [3.63, 3.8) is 0 Å². The second-order valence-electron chi connectivity index (χ2n) is 4.50. The lowest BCUT2D eigenvalue weighted by atomic mass is 10.0. The zero-order chi connectivity index (χ0) is 15.1. The highest BCUT2D eigenvalue weighted by Gasteiger charge is 2.19. The Hall–Kier alpha value is -2.37. The number of esters is 1. The lowest BCUT2D eigenvalue weighted by Crippen LogP contribution is -2.47. The SMILES string of the molecule is CC(=O)OCC(=O)N[C@@H](Cc1cccc(C)c1)C(N)=O. The number of rotatable bonds is 6. The van der Waals surface area contributed by atoms with Crippen LogP contribution >= 0.6 is 0 Å². The predicted molar refractivity (Wildman–Crippen MR) is 72.6 cm³/mol. The maximum absolute atomic E-state index is 11.5. The Morgan fingerprint density at radius 2 is 2.05 bits per heavy atom. The van der Waals surface area contributed by atoms with Crippen molar-refractivity contribution in [1.29, 1.82) is 0 Å². The Kier molecular flexibility index (Phi) is 5.71. The molecule has 0 saturated carbocycles. The fourth-order valence-corrected chi connectivity index (χ4v) is 1.70. The van der Waals surface area contributed by atoms with E-state index in [0.29, 0.717) is 6.42 Å². The lowest BCUT2D eigenvalue weighted by molar-refractivity contribution is -0.146. The molecule has 0 aliphatic heterocycles. The van der Waals surface area contributed by atoms with E-state index >= 15 is 0 Å². The van der Waals surface area contributed by atoms with Gasteiger partial charge in [0.25, 0.3) is 5.91 Å². The number of nitrogens with two attached hydrogens (primary N) is 1. The molecule has 0 saturated heterocycles. The summed E-state index contributed by atoms with van der Waals surface area (Å²) < 4.78 is 4.55. The van der Waals surface area contributed by atoms with Crippen LogP contribution < -0.4 is 11.1 Å². The number of nitrogens with one attached hydrogen (secondary N) is 1. The van der Waals surface area contributed by atoms with Crippen molar-refractivity contribution >= 4 is 17.8 Å². The molecule has 0 spiro atoms. The summed E-state index contributed by atoms with van der Waals surface area (Å²) in [6.45, 7) is 2.71. The van der Waals surface area contributed by atoms with E-state index in [2.05, 4.69) is 10.1 Å². The average molecular weight is 278 g/mol. The third-order valence-corrected chi connectivity index (χ3v) is 2.61. The molecule has 0 unspecified atom stereocenters. The zero-order valence-electron chi connectivity index (χ0n) is 11.5. The van der Waals surface area contributed by atoms with Crippen molar-refractivity contribution < 1.29 is 19.1 Å². The smallest absolute Gasteiger partial charge is 0.303 e. The molecule has 20 heavy (non-hydrogen) atoms. The van der Waals surface area contributed by atoms with Gasteiger partial charge in [-0.05, 0) is 12.5 Å². The van der Waals surface area contributed by atoms with Gasteiger partial charge in [-0.3, -0.25) is 14.4 Å². The largest absolute Gasteiger partial charge is 0.456 e. The van der Waals surface area contributed by atoms with Crippen LogP contribution in [0.4, 0.5) is 0 Å². The Morgan fingerprint density at radius 3 is 2.60 bits per heavy atom. The highest BCUT2D eigenvalue weighted by molar-refractivity contribution is 5.88. The van der Waals surface area contributed by atoms with Gasteiger partial charge < -0.3 is 15.8 Å². The fourth-order valence-electron chi connectivity index (χ4n) is 1.70. The summed E-state index contributed by atoms with van der Waals surface area (Å²) >= 11 is 0. The Balaban J connectivity index is 2.63. The molecule has 1 atom stereocenters. The molecule has 0 radical (unpaired) electrons. The second kappa shape index (κ2) is 7.28. The van der Waals surface area contributed by atoms with Crippen LogP contribution in [0.2, 0.25) is 0 Å². The van der Waals surface area contributed by atoms with Gasteiger partial charge in [0, 0.05) is 13.3 Å². The van der Waals surface area contributed by atoms with E-state index in [9.17, 15) is 14.4 Å². The van der Waals surface area contributed by atoms with Crippen LogP contribution in [0, 0.1) is 6.92 Å². The number of amides is 2. The van der Waals surface area contributed by atoms with E-state index in [-0.39, 0.29) is 0 Å². The topological polar surface area (TPSA) is 98.5 Å². The molecular weight excluding hydrogens is 260 g/mol. The van der Waals surface area contributed by atoms with Crippen LogP contribution in [0.3, 0.4) is 0 Å². The number of benzene rings is 1. The van der Waals surface area contributed by atoms with Crippen LogP contribution in [-0.2, 0) is 25.5 Å². The molecular formula is C14H18N2O4. The lowest BCUT2D eigenvalue weighted by Gasteiger charge is -2.15. The van der Waals surface area contributed by atoms with Crippen LogP contribution in [0.1, 0.15) is 18.1 Å². The summed E-state index contributed by atoms with van der Waals surface area (Å²) in [6.07, 6.45) is 0.294. The van der Waals surface area contributed by atoms with Gasteiger partial charge in [0.15, 0.2) is 6.61 Å². The van der Waals surface area contributed by atoms with Gasteiger partial charge in [-0.1, -0.05) is 29.8 Å². The van der Waals surface area contributed by atoms with Crippen LogP contribution in [0.15, 0.2) is 24.3 Å². The highest BCUT2D eigenvalue weighted by Crippen LogP contribution is 2.07. The molecule has 0 aromatic heterocycles. The zero-order valence-corrected chi connectivity index (χ0v) is 11.5. The van der Waals surface area contributed by atoms with E-state index < -0.39 is 30.4 Å². The summed E-state index contributed by atoms with van der Waals surface area (Å²) in [7, 11) is 0. The van der Waals surface area contributed by atoms with E-state index in [0.717, 1.165) is 11.1 Å². The van der Waals surface area contributed by atoms with Gasteiger partial charge in [0.2, 0.25) is 5.91 Å². The highest BCUT2D eigenvalue weighted by atomic mass is 16.5. The second-order valence-corrected chi connectivity index (χ2v) is 4.50. The molecule has 2 amide bonds. The average Bonchev–Trinajstić information content (AvgIpc) is 2.35. The van der Waals surface area contributed by atoms with Gasteiger partial charge >= 0.3 is 5.97 Å². The van der Waals surface area contributed by atoms with Crippen LogP contribution in [0.5, 0.6) is 0 Å². The van der Waals surface area contributed by atoms with Crippen molar-refractivity contribution in [3.8, 4) is 0 Å². The van der Waals surface area contributed by atoms with Gasteiger partial charge in [0.1, 0.15) is 6.04 Å². The number of primary amides is 1. The van der Waals surface area contributed by atoms with Crippen molar-refractivity contribution in [1.82, 2.24) is 5.32 Å². The molecule has 1 aromatic rings. The first-order chi connectivity index (χ1) is 9.38. The molecule has 0 aliphatic carbocycles. The molecule has 0 fully saturated rings. The molecule has 6 nitrogen and oxygen atoms in total. The summed E-state index contributed by atoms with van der Waals surface area (Å²) in [5.41, 5.74) is 7.21. The Bertz CT molecular complexity index is 514. The molecule has 6 heteroatoms. The first-order valence-electron chi connectivity index (χ1n) is 6.16. The predicted octanol–water partition coefficient (Wildman–Crippen LogP) is 0.0707. The van der Waals surface area contributed by atoms with E-state index in [4.69, 9.17) is 5.73 Å². The molecule has 0 aliphatic rings. The standard InChI is InChI=1S/C14H18N2O4/c1-9-4-3-5-11(6-9)7-12(14(15)19)16-13(18)8-20-10(2)17/h3-6,12H,7-8H2,1-2H3,(H2,15,19)(H,16,18)/t12-/m0/s1. The number of hydrogen-bond donors (Lipinski definition) is 2. The van der Waals surface area contributed by atoms with Gasteiger partial charge in [0.05, 0.1) is 0 Å². The Morgan fingerprint density at radius 1 is 1.35 bits per heavy atom. The number of ether oxygens (including phenoxy) is 1. The third kappa shape index (κ3) is 5.51. The number of carbonyl (C=O) groups excluding carboxylic acids is 3. The minimum Gasteiger partial charge on any atom is -0.456 e. The van der Waals surface area contributed by atoms with E-state index in [1.54, 1.807) is 0 Å². The minimum atomic E-state index is -0.833. The van der Waals surface area contributed by atoms with Gasteiger partial charge in [-0.2, -0.15) is 0 Å². The maximum atomic E-state index is 11.5. The molecule has 1 rings (SSSR count). The summed E-state index contributed by atoms with van der Waals surface area (Å²) in [6, 6.07) is 6.72. The van der Waals surface area contributed by atoms with Gasteiger partial charge in [-0.15, -0.1) is 0 Å². The molecule has 0 heterocycles. The number of carbonyl (C=O) groups is 3. The quantitative estimate of drug-likeness (QED) is 0.719. The third-order valence-electron chi connectivity index (χ3n) is 2.61. The van der Waals surface area contributed by atoms with Gasteiger partial charge in [-0.25, -0.2) is 0 Å². The Labute approximate surface area is 117 Å². The summed E-state index contributed by atoms with van der Waals surface area (Å²) in [5.74, 6) is -1.76. The monoisotopic (exact) mass is 278 g/mol. The van der Waals surface area contributed by atoms with E-state index in [1.165, 1.54) is 6.92 Å². The molecule has 3 N–H and O–H groups in total.